The molecule has 232 valence electrons. The molecule has 0 aliphatic heterocycles. The minimum Gasteiger partial charge on any atom is -0.354 e. The fourth-order valence-corrected chi connectivity index (χ4v) is 6.06. The largest absolute Gasteiger partial charge is 0.417 e. The van der Waals surface area contributed by atoms with Crippen molar-refractivity contribution in [2.45, 2.75) is 50.3 Å². The van der Waals surface area contributed by atoms with Crippen molar-refractivity contribution in [1.82, 2.24) is 10.2 Å². The molecule has 1 atom stereocenters. The lowest BCUT2D eigenvalue weighted by Gasteiger charge is -2.32. The van der Waals surface area contributed by atoms with E-state index < -0.39 is 56.9 Å². The Balaban J connectivity index is 2.09. The van der Waals surface area contributed by atoms with Gasteiger partial charge in [-0.15, -0.1) is 0 Å². The summed E-state index contributed by atoms with van der Waals surface area (Å²) in [6, 6.07) is 13.0. The van der Waals surface area contributed by atoms with E-state index in [1.54, 1.807) is 12.1 Å². The first-order chi connectivity index (χ1) is 20.2. The number of nitrogens with zero attached hydrogens (tertiary/aromatic N) is 2. The molecule has 0 heterocycles. The van der Waals surface area contributed by atoms with Crippen LogP contribution in [-0.4, -0.2) is 44.3 Å². The lowest BCUT2D eigenvalue weighted by atomic mass is 10.1. The molecule has 1 N–H and O–H groups in total. The third-order valence-electron chi connectivity index (χ3n) is 6.49. The van der Waals surface area contributed by atoms with E-state index in [0.717, 1.165) is 23.5 Å². The molecule has 0 aliphatic carbocycles. The number of anilines is 1. The summed E-state index contributed by atoms with van der Waals surface area (Å²) >= 11 is 18.0. The molecular formula is C29H29Cl3F3N3O4S. The summed E-state index contributed by atoms with van der Waals surface area (Å²) in [4.78, 5) is 27.8. The molecule has 0 spiro atoms. The molecule has 43 heavy (non-hydrogen) atoms. The van der Waals surface area contributed by atoms with Crippen molar-refractivity contribution in [3.63, 3.8) is 0 Å². The first-order valence-electron chi connectivity index (χ1n) is 13.1. The summed E-state index contributed by atoms with van der Waals surface area (Å²) in [6.07, 6.45) is -3.39. The quantitative estimate of drug-likeness (QED) is 0.206. The Kier molecular flexibility index (Phi) is 11.8. The summed E-state index contributed by atoms with van der Waals surface area (Å²) in [5.41, 5.74) is -1.23. The molecule has 14 heteroatoms. The second kappa shape index (κ2) is 14.7. The number of sulfonamides is 1. The highest BCUT2D eigenvalue weighted by molar-refractivity contribution is 7.92. The minimum absolute atomic E-state index is 0.175. The first-order valence-corrected chi connectivity index (χ1v) is 15.7. The number of benzene rings is 3. The van der Waals surface area contributed by atoms with Crippen LogP contribution in [0.5, 0.6) is 0 Å². The molecule has 0 aromatic heterocycles. The van der Waals surface area contributed by atoms with Crippen molar-refractivity contribution in [2.24, 2.45) is 0 Å². The van der Waals surface area contributed by atoms with Gasteiger partial charge in [0.15, 0.2) is 0 Å². The summed E-state index contributed by atoms with van der Waals surface area (Å²) in [7, 11) is -4.57. The molecule has 0 aliphatic rings. The van der Waals surface area contributed by atoms with Crippen LogP contribution in [0.3, 0.4) is 0 Å². The number of carbonyl (C=O) groups excluding carboxylic acids is 2. The van der Waals surface area contributed by atoms with Crippen LogP contribution in [0.1, 0.15) is 37.8 Å². The average Bonchev–Trinajstić information content (AvgIpc) is 2.96. The molecular weight excluding hydrogens is 650 g/mol. The number of hydrogen-bond acceptors (Lipinski definition) is 4. The van der Waals surface area contributed by atoms with E-state index in [1.807, 2.05) is 6.92 Å². The van der Waals surface area contributed by atoms with Gasteiger partial charge in [-0.2, -0.15) is 13.2 Å². The molecule has 7 nitrogen and oxygen atoms in total. The molecule has 3 aromatic carbocycles. The van der Waals surface area contributed by atoms with Crippen molar-refractivity contribution in [1.29, 1.82) is 0 Å². The molecule has 0 unspecified atom stereocenters. The zero-order chi connectivity index (χ0) is 31.9. The maximum Gasteiger partial charge on any atom is 0.417 e. The summed E-state index contributed by atoms with van der Waals surface area (Å²) in [5.74, 6) is -1.35. The monoisotopic (exact) mass is 677 g/mol. The van der Waals surface area contributed by atoms with Gasteiger partial charge < -0.3 is 10.2 Å². The van der Waals surface area contributed by atoms with E-state index in [1.165, 1.54) is 43.3 Å². The van der Waals surface area contributed by atoms with Gasteiger partial charge in [0.25, 0.3) is 10.0 Å². The number of amides is 2. The number of unbranched alkanes of at least 4 members (excludes halogenated alkanes) is 1. The summed E-state index contributed by atoms with van der Waals surface area (Å²) in [6.45, 7) is 2.67. The van der Waals surface area contributed by atoms with Gasteiger partial charge >= 0.3 is 6.18 Å². The van der Waals surface area contributed by atoms with Crippen LogP contribution in [0.25, 0.3) is 0 Å². The third kappa shape index (κ3) is 8.78. The van der Waals surface area contributed by atoms with Gasteiger partial charge in [-0.25, -0.2) is 8.42 Å². The van der Waals surface area contributed by atoms with E-state index in [-0.39, 0.29) is 21.5 Å². The fraction of sp³-hybridized carbons (Fsp3) is 0.310. The van der Waals surface area contributed by atoms with Crippen molar-refractivity contribution in [2.75, 3.05) is 17.4 Å². The van der Waals surface area contributed by atoms with Crippen LogP contribution in [-0.2, 0) is 32.3 Å². The van der Waals surface area contributed by atoms with Gasteiger partial charge in [0.1, 0.15) is 12.6 Å². The van der Waals surface area contributed by atoms with Crippen molar-refractivity contribution >= 4 is 62.3 Å². The molecule has 0 fully saturated rings. The highest BCUT2D eigenvalue weighted by Gasteiger charge is 2.37. The Labute approximate surface area is 263 Å². The lowest BCUT2D eigenvalue weighted by Crippen LogP contribution is -2.51. The van der Waals surface area contributed by atoms with E-state index in [9.17, 15) is 31.2 Å². The lowest BCUT2D eigenvalue weighted by molar-refractivity contribution is -0.139. The zero-order valence-corrected chi connectivity index (χ0v) is 26.3. The molecule has 3 rings (SSSR count). The van der Waals surface area contributed by atoms with Gasteiger partial charge in [-0.3, -0.25) is 13.9 Å². The molecule has 0 radical (unpaired) electrons. The van der Waals surface area contributed by atoms with Crippen LogP contribution in [0.4, 0.5) is 18.9 Å². The van der Waals surface area contributed by atoms with Crippen LogP contribution < -0.4 is 9.62 Å². The Morgan fingerprint density at radius 1 is 0.930 bits per heavy atom. The molecule has 3 aromatic rings. The predicted molar refractivity (Wildman–Crippen MR) is 162 cm³/mol. The average molecular weight is 679 g/mol. The molecule has 0 saturated heterocycles. The highest BCUT2D eigenvalue weighted by Crippen LogP contribution is 2.38. The Hall–Kier alpha value is -2.99. The van der Waals surface area contributed by atoms with Crippen molar-refractivity contribution in [3.8, 4) is 0 Å². The first kappa shape index (κ1) is 34.5. The third-order valence-corrected chi connectivity index (χ3v) is 9.34. The highest BCUT2D eigenvalue weighted by atomic mass is 35.5. The van der Waals surface area contributed by atoms with Gasteiger partial charge in [0.05, 0.1) is 31.2 Å². The fourth-order valence-electron chi connectivity index (χ4n) is 4.09. The van der Waals surface area contributed by atoms with E-state index in [0.29, 0.717) is 28.9 Å². The van der Waals surface area contributed by atoms with Gasteiger partial charge in [0.2, 0.25) is 11.8 Å². The number of alkyl halides is 3. The molecule has 0 saturated carbocycles. The number of carbonyl (C=O) groups is 2. The number of halogens is 6. The molecule has 2 amide bonds. The van der Waals surface area contributed by atoms with E-state index >= 15 is 0 Å². The van der Waals surface area contributed by atoms with Gasteiger partial charge in [0, 0.05) is 13.1 Å². The maximum atomic E-state index is 13.9. The van der Waals surface area contributed by atoms with Crippen LogP contribution >= 0.6 is 34.8 Å². The van der Waals surface area contributed by atoms with Gasteiger partial charge in [-0.05, 0) is 61.4 Å². The number of hydrogen-bond donors (Lipinski definition) is 1. The standard InChI is InChI=1S/C29H29Cl3F3N3O4S/c1-3-4-14-36-28(40)19(2)37(17-20-10-12-25(31)26(32)15-20)27(39)18-38(43(41,42)22-8-6-5-7-9-22)21-11-13-24(30)23(16-21)29(33,34)35/h5-13,15-16,19H,3-4,14,17-18H2,1-2H3,(H,36,40)/t19-/m1/s1. The summed E-state index contributed by atoms with van der Waals surface area (Å²) in [5, 5.41) is 2.56. The second-order valence-electron chi connectivity index (χ2n) is 9.58. The Morgan fingerprint density at radius 2 is 1.58 bits per heavy atom. The Morgan fingerprint density at radius 3 is 2.19 bits per heavy atom. The predicted octanol–water partition coefficient (Wildman–Crippen LogP) is 7.19. The smallest absolute Gasteiger partial charge is 0.354 e. The zero-order valence-electron chi connectivity index (χ0n) is 23.2. The minimum atomic E-state index is -4.90. The van der Waals surface area contributed by atoms with Crippen LogP contribution in [0.15, 0.2) is 71.6 Å². The van der Waals surface area contributed by atoms with Crippen molar-refractivity contribution < 1.29 is 31.2 Å². The Bertz CT molecular complexity index is 1560. The molecule has 0 bridgehead atoms. The summed E-state index contributed by atoms with van der Waals surface area (Å²) < 4.78 is 69.3. The second-order valence-corrected chi connectivity index (χ2v) is 12.7. The number of nitrogens with one attached hydrogen (secondary N) is 1. The van der Waals surface area contributed by atoms with E-state index in [4.69, 9.17) is 34.8 Å². The van der Waals surface area contributed by atoms with Crippen LogP contribution in [0, 0.1) is 0 Å². The van der Waals surface area contributed by atoms with Crippen LogP contribution in [0.2, 0.25) is 15.1 Å². The maximum absolute atomic E-state index is 13.9. The number of rotatable bonds is 12. The van der Waals surface area contributed by atoms with Crippen molar-refractivity contribution in [3.05, 3.63) is 92.9 Å². The topological polar surface area (TPSA) is 86.8 Å². The SMILES string of the molecule is CCCCNC(=O)[C@@H](C)N(Cc1ccc(Cl)c(Cl)c1)C(=O)CN(c1ccc(Cl)c(C(F)(F)F)c1)S(=O)(=O)c1ccccc1. The van der Waals surface area contributed by atoms with E-state index in [2.05, 4.69) is 5.32 Å². The van der Waals surface area contributed by atoms with Gasteiger partial charge in [-0.1, -0.05) is 72.4 Å². The normalized spacial score (nSPS) is 12.5.